The number of halogens is 2. The van der Waals surface area contributed by atoms with E-state index < -0.39 is 10.0 Å². The fourth-order valence-electron chi connectivity index (χ4n) is 1.54. The summed E-state index contributed by atoms with van der Waals surface area (Å²) in [5, 5.41) is 9.35. The highest BCUT2D eigenvalue weighted by Crippen LogP contribution is 2.24. The summed E-state index contributed by atoms with van der Waals surface area (Å²) < 4.78 is 27.5. The first-order valence-electron chi connectivity index (χ1n) is 5.40. The van der Waals surface area contributed by atoms with Crippen LogP contribution in [-0.2, 0) is 10.0 Å². The number of nitrogens with one attached hydrogen (secondary N) is 1. The lowest BCUT2D eigenvalue weighted by atomic mass is 10.2. The van der Waals surface area contributed by atoms with Crippen LogP contribution in [-0.4, -0.2) is 8.42 Å². The van der Waals surface area contributed by atoms with Crippen molar-refractivity contribution in [1.82, 2.24) is 0 Å². The van der Waals surface area contributed by atoms with E-state index in [1.807, 2.05) is 6.07 Å². The van der Waals surface area contributed by atoms with Crippen molar-refractivity contribution in [2.24, 2.45) is 0 Å². The van der Waals surface area contributed by atoms with Crippen molar-refractivity contribution in [1.29, 1.82) is 5.26 Å². The molecule has 0 atom stereocenters. The highest BCUT2D eigenvalue weighted by atomic mass is 79.9. The van der Waals surface area contributed by atoms with E-state index in [0.29, 0.717) is 9.50 Å². The second kappa shape index (κ2) is 5.83. The number of nitrogens with zero attached hydrogens (tertiary/aromatic N) is 1. The molecule has 0 saturated carbocycles. The molecule has 0 saturated heterocycles. The molecule has 1 N–H and O–H groups in total. The summed E-state index contributed by atoms with van der Waals surface area (Å²) in [5.74, 6) is 0. The van der Waals surface area contributed by atoms with Crippen molar-refractivity contribution >= 4 is 43.2 Å². The summed E-state index contributed by atoms with van der Waals surface area (Å²) in [7, 11) is -3.78. The van der Waals surface area contributed by atoms with Crippen LogP contribution in [0.4, 0.5) is 5.69 Å². The van der Waals surface area contributed by atoms with Gasteiger partial charge in [0.25, 0.3) is 10.0 Å². The van der Waals surface area contributed by atoms with Gasteiger partial charge >= 0.3 is 0 Å². The van der Waals surface area contributed by atoms with Crippen molar-refractivity contribution in [3.63, 3.8) is 0 Å². The highest BCUT2D eigenvalue weighted by Gasteiger charge is 2.16. The van der Waals surface area contributed by atoms with Crippen LogP contribution in [0.2, 0.25) is 5.02 Å². The van der Waals surface area contributed by atoms with Crippen molar-refractivity contribution in [2.75, 3.05) is 4.72 Å². The summed E-state index contributed by atoms with van der Waals surface area (Å²) >= 11 is 9.01. The molecule has 0 radical (unpaired) electrons. The van der Waals surface area contributed by atoms with Crippen LogP contribution < -0.4 is 4.72 Å². The van der Waals surface area contributed by atoms with E-state index in [1.165, 1.54) is 24.3 Å². The van der Waals surface area contributed by atoms with E-state index in [4.69, 9.17) is 16.9 Å². The minimum absolute atomic E-state index is 0.0387. The molecule has 4 nitrogen and oxygen atoms in total. The number of rotatable bonds is 3. The van der Waals surface area contributed by atoms with Crippen LogP contribution in [0.1, 0.15) is 5.56 Å². The van der Waals surface area contributed by atoms with Gasteiger partial charge in [0.1, 0.15) is 6.07 Å². The van der Waals surface area contributed by atoms with Gasteiger partial charge in [-0.25, -0.2) is 8.42 Å². The summed E-state index contributed by atoms with van der Waals surface area (Å²) in [6, 6.07) is 12.5. The molecule has 0 aliphatic rings. The van der Waals surface area contributed by atoms with Gasteiger partial charge in [-0.15, -0.1) is 0 Å². The number of benzene rings is 2. The first-order valence-corrected chi connectivity index (χ1v) is 8.06. The Morgan fingerprint density at radius 1 is 1.20 bits per heavy atom. The maximum Gasteiger partial charge on any atom is 0.261 e. The molecule has 0 unspecified atom stereocenters. The average Bonchev–Trinajstić information content (AvgIpc) is 2.40. The second-order valence-corrected chi connectivity index (χ2v) is 6.90. The van der Waals surface area contributed by atoms with Gasteiger partial charge < -0.3 is 0 Å². The molecule has 2 aromatic rings. The normalized spacial score (nSPS) is 10.8. The Morgan fingerprint density at radius 2 is 1.95 bits per heavy atom. The zero-order chi connectivity index (χ0) is 14.8. The third kappa shape index (κ3) is 3.31. The number of anilines is 1. The summed E-state index contributed by atoms with van der Waals surface area (Å²) in [6.45, 7) is 0. The molecule has 0 aliphatic carbocycles. The lowest BCUT2D eigenvalue weighted by Crippen LogP contribution is -2.13. The molecule has 0 spiro atoms. The zero-order valence-electron chi connectivity index (χ0n) is 9.97. The molecular formula is C13H8BrClN2O2S. The first kappa shape index (κ1) is 14.9. The summed E-state index contributed by atoms with van der Waals surface area (Å²) in [5.41, 5.74) is 0.445. The van der Waals surface area contributed by atoms with Crippen molar-refractivity contribution in [3.05, 3.63) is 57.5 Å². The van der Waals surface area contributed by atoms with E-state index >= 15 is 0 Å². The molecule has 0 fully saturated rings. The van der Waals surface area contributed by atoms with Crippen molar-refractivity contribution in [3.8, 4) is 6.07 Å². The third-order valence-electron chi connectivity index (χ3n) is 2.45. The maximum atomic E-state index is 12.2. The number of hydrogen-bond donors (Lipinski definition) is 1. The summed E-state index contributed by atoms with van der Waals surface area (Å²) in [6.07, 6.45) is 0. The second-order valence-electron chi connectivity index (χ2n) is 3.86. The fraction of sp³-hybridized carbons (Fsp3) is 0. The molecule has 0 aromatic heterocycles. The Hall–Kier alpha value is -1.55. The number of hydrogen-bond acceptors (Lipinski definition) is 3. The topological polar surface area (TPSA) is 70.0 Å². The van der Waals surface area contributed by atoms with E-state index in [9.17, 15) is 8.42 Å². The van der Waals surface area contributed by atoms with Crippen LogP contribution in [0.25, 0.3) is 0 Å². The van der Waals surface area contributed by atoms with Gasteiger partial charge in [0.2, 0.25) is 0 Å². The standard InChI is InChI=1S/C13H8BrClN2O2S/c14-10-4-5-13(9(6-10)8-16)17-20(18,19)12-3-1-2-11(15)7-12/h1-7,17H. The predicted octanol–water partition coefficient (Wildman–Crippen LogP) is 3.77. The van der Waals surface area contributed by atoms with Crippen LogP contribution >= 0.6 is 27.5 Å². The lowest BCUT2D eigenvalue weighted by Gasteiger charge is -2.10. The molecule has 102 valence electrons. The molecule has 0 aliphatic heterocycles. The van der Waals surface area contributed by atoms with E-state index in [-0.39, 0.29) is 16.1 Å². The Labute approximate surface area is 130 Å². The first-order chi connectivity index (χ1) is 9.42. The van der Waals surface area contributed by atoms with Gasteiger partial charge in [-0.05, 0) is 36.4 Å². The summed E-state index contributed by atoms with van der Waals surface area (Å²) in [4.78, 5) is 0.0387. The van der Waals surface area contributed by atoms with E-state index in [0.717, 1.165) is 0 Å². The van der Waals surface area contributed by atoms with Crippen molar-refractivity contribution in [2.45, 2.75) is 4.90 Å². The Morgan fingerprint density at radius 3 is 2.60 bits per heavy atom. The van der Waals surface area contributed by atoms with E-state index in [2.05, 4.69) is 20.7 Å². The van der Waals surface area contributed by atoms with Crippen LogP contribution in [0, 0.1) is 11.3 Å². The SMILES string of the molecule is N#Cc1cc(Br)ccc1NS(=O)(=O)c1cccc(Cl)c1. The Bertz CT molecular complexity index is 800. The van der Waals surface area contributed by atoms with Gasteiger partial charge in [0.05, 0.1) is 16.1 Å². The molecule has 2 rings (SSSR count). The molecule has 0 bridgehead atoms. The molecule has 0 heterocycles. The quantitative estimate of drug-likeness (QED) is 0.892. The molecule has 7 heteroatoms. The van der Waals surface area contributed by atoms with Gasteiger partial charge in [0.15, 0.2) is 0 Å². The average molecular weight is 372 g/mol. The maximum absolute atomic E-state index is 12.2. The monoisotopic (exact) mass is 370 g/mol. The lowest BCUT2D eigenvalue weighted by molar-refractivity contribution is 0.601. The number of sulfonamides is 1. The minimum atomic E-state index is -3.78. The van der Waals surface area contributed by atoms with Gasteiger partial charge in [-0.2, -0.15) is 5.26 Å². The van der Waals surface area contributed by atoms with Gasteiger partial charge in [-0.3, -0.25) is 4.72 Å². The highest BCUT2D eigenvalue weighted by molar-refractivity contribution is 9.10. The largest absolute Gasteiger partial charge is 0.278 e. The fourth-order valence-corrected chi connectivity index (χ4v) is 3.28. The Balaban J connectivity index is 2.42. The van der Waals surface area contributed by atoms with Gasteiger partial charge in [0, 0.05) is 9.50 Å². The molecule has 2 aromatic carbocycles. The molecule has 0 amide bonds. The Kier molecular flexibility index (Phi) is 4.33. The van der Waals surface area contributed by atoms with E-state index in [1.54, 1.807) is 18.2 Å². The molecule has 20 heavy (non-hydrogen) atoms. The molecular weight excluding hydrogens is 364 g/mol. The van der Waals surface area contributed by atoms with Crippen LogP contribution in [0.3, 0.4) is 0 Å². The third-order valence-corrected chi connectivity index (χ3v) is 4.54. The predicted molar refractivity (Wildman–Crippen MR) is 81.1 cm³/mol. The smallest absolute Gasteiger partial charge is 0.261 e. The van der Waals surface area contributed by atoms with Crippen molar-refractivity contribution < 1.29 is 8.42 Å². The van der Waals surface area contributed by atoms with Crippen LogP contribution in [0.5, 0.6) is 0 Å². The van der Waals surface area contributed by atoms with Gasteiger partial charge in [-0.1, -0.05) is 33.6 Å². The minimum Gasteiger partial charge on any atom is -0.278 e. The number of nitriles is 1. The van der Waals surface area contributed by atoms with Crippen LogP contribution in [0.15, 0.2) is 51.8 Å². The zero-order valence-corrected chi connectivity index (χ0v) is 13.1.